The minimum absolute atomic E-state index is 0.149. The molecule has 4 heteroatoms. The van der Waals surface area contributed by atoms with Gasteiger partial charge in [0.25, 0.3) is 0 Å². The van der Waals surface area contributed by atoms with Gasteiger partial charge in [0.1, 0.15) is 0 Å². The maximum atomic E-state index is 12.3. The smallest absolute Gasteiger partial charge is 0.315 e. The van der Waals surface area contributed by atoms with Crippen LogP contribution in [0.3, 0.4) is 0 Å². The van der Waals surface area contributed by atoms with Crippen LogP contribution in [-0.4, -0.2) is 23.3 Å². The number of carbonyl (C=O) groups is 1. The molecule has 0 atom stereocenters. The number of allylic oxidation sites excluding steroid dienone is 1. The van der Waals surface area contributed by atoms with E-state index in [1.807, 2.05) is 39.0 Å². The molecule has 0 spiro atoms. The van der Waals surface area contributed by atoms with Gasteiger partial charge in [-0.25, -0.2) is 4.79 Å². The third kappa shape index (κ3) is 4.83. The van der Waals surface area contributed by atoms with Gasteiger partial charge < -0.3 is 15.7 Å². The van der Waals surface area contributed by atoms with Gasteiger partial charge in [0.2, 0.25) is 0 Å². The third-order valence-electron chi connectivity index (χ3n) is 4.54. The molecule has 0 radical (unpaired) electrons. The minimum Gasteiger partial charge on any atom is -0.393 e. The highest BCUT2D eigenvalue weighted by atomic mass is 16.3. The number of amides is 2. The molecule has 0 unspecified atom stereocenters. The van der Waals surface area contributed by atoms with Gasteiger partial charge >= 0.3 is 6.03 Å². The van der Waals surface area contributed by atoms with Crippen molar-refractivity contribution in [2.24, 2.45) is 0 Å². The molecule has 2 amide bonds. The molecular formula is C19H28N2O2. The first-order valence-corrected chi connectivity index (χ1v) is 8.31. The van der Waals surface area contributed by atoms with E-state index in [2.05, 4.69) is 23.3 Å². The van der Waals surface area contributed by atoms with Gasteiger partial charge in [-0.2, -0.15) is 0 Å². The van der Waals surface area contributed by atoms with Crippen LogP contribution in [0, 0.1) is 0 Å². The summed E-state index contributed by atoms with van der Waals surface area (Å²) in [6.45, 7) is 9.94. The molecule has 0 saturated heterocycles. The Balaban J connectivity index is 1.98. The van der Waals surface area contributed by atoms with Crippen molar-refractivity contribution in [3.05, 3.63) is 42.0 Å². The van der Waals surface area contributed by atoms with Crippen molar-refractivity contribution >= 4 is 11.6 Å². The van der Waals surface area contributed by atoms with Gasteiger partial charge in [0, 0.05) is 6.04 Å². The van der Waals surface area contributed by atoms with Gasteiger partial charge in [-0.15, -0.1) is 0 Å². The van der Waals surface area contributed by atoms with E-state index in [4.69, 9.17) is 0 Å². The number of carbonyl (C=O) groups excluding carboxylic acids is 1. The minimum atomic E-state index is -0.469. The molecule has 0 aromatic heterocycles. The zero-order chi connectivity index (χ0) is 17.0. The second kappa shape index (κ2) is 7.18. The van der Waals surface area contributed by atoms with Crippen molar-refractivity contribution in [2.75, 3.05) is 0 Å². The van der Waals surface area contributed by atoms with Crippen LogP contribution in [0.1, 0.15) is 57.6 Å². The zero-order valence-corrected chi connectivity index (χ0v) is 14.4. The molecule has 1 aromatic carbocycles. The number of hydrogen-bond donors (Lipinski definition) is 3. The summed E-state index contributed by atoms with van der Waals surface area (Å²) in [5, 5.41) is 15.6. The van der Waals surface area contributed by atoms with Gasteiger partial charge in [-0.05, 0) is 63.6 Å². The summed E-state index contributed by atoms with van der Waals surface area (Å²) < 4.78 is 0. The molecule has 0 heterocycles. The van der Waals surface area contributed by atoms with Gasteiger partial charge in [0.15, 0.2) is 0 Å². The Hall–Kier alpha value is -1.81. The highest BCUT2D eigenvalue weighted by molar-refractivity contribution is 5.75. The second-order valence-electron chi connectivity index (χ2n) is 7.09. The quantitative estimate of drug-likeness (QED) is 0.795. The SMILES string of the molecule is C=C(C)c1cccc(C(C)(C)NC(=O)N[C@H]2CC[C@H](O)CC2)c1. The van der Waals surface area contributed by atoms with E-state index in [0.717, 1.165) is 42.4 Å². The lowest BCUT2D eigenvalue weighted by atomic mass is 9.91. The summed E-state index contributed by atoms with van der Waals surface area (Å²) in [4.78, 5) is 12.3. The standard InChI is InChI=1S/C19H28N2O2/c1-13(2)14-6-5-7-15(12-14)19(3,4)21-18(23)20-16-8-10-17(22)11-9-16/h5-7,12,16-17,22H,1,8-11H2,2-4H3,(H2,20,21,23)/t16-,17-. The van der Waals surface area contributed by atoms with Crippen molar-refractivity contribution in [3.8, 4) is 0 Å². The van der Waals surface area contributed by atoms with E-state index >= 15 is 0 Å². The fourth-order valence-electron chi connectivity index (χ4n) is 2.97. The van der Waals surface area contributed by atoms with Crippen LogP contribution in [-0.2, 0) is 5.54 Å². The molecule has 0 aliphatic heterocycles. The predicted molar refractivity (Wildman–Crippen MR) is 94.1 cm³/mol. The van der Waals surface area contributed by atoms with Crippen LogP contribution in [0.2, 0.25) is 0 Å². The molecule has 1 aliphatic rings. The number of urea groups is 1. The molecular weight excluding hydrogens is 288 g/mol. The van der Waals surface area contributed by atoms with E-state index in [-0.39, 0.29) is 18.2 Å². The van der Waals surface area contributed by atoms with Gasteiger partial charge in [-0.3, -0.25) is 0 Å². The Kier molecular flexibility index (Phi) is 5.47. The van der Waals surface area contributed by atoms with Crippen molar-refractivity contribution in [2.45, 2.75) is 64.1 Å². The molecule has 1 fully saturated rings. The zero-order valence-electron chi connectivity index (χ0n) is 14.4. The predicted octanol–water partition coefficient (Wildman–Crippen LogP) is 3.56. The molecule has 1 aromatic rings. The normalized spacial score (nSPS) is 21.6. The van der Waals surface area contributed by atoms with Crippen molar-refractivity contribution in [1.29, 1.82) is 0 Å². The fraction of sp³-hybridized carbons (Fsp3) is 0.526. The summed E-state index contributed by atoms with van der Waals surface area (Å²) in [5.41, 5.74) is 2.67. The number of benzene rings is 1. The molecule has 0 bridgehead atoms. The number of aliphatic hydroxyl groups is 1. The van der Waals surface area contributed by atoms with E-state index < -0.39 is 5.54 Å². The number of rotatable bonds is 4. The topological polar surface area (TPSA) is 61.4 Å². The highest BCUT2D eigenvalue weighted by Crippen LogP contribution is 2.24. The summed E-state index contributed by atoms with van der Waals surface area (Å²) in [6.07, 6.45) is 2.97. The monoisotopic (exact) mass is 316 g/mol. The average molecular weight is 316 g/mol. The van der Waals surface area contributed by atoms with Crippen molar-refractivity contribution in [3.63, 3.8) is 0 Å². The largest absolute Gasteiger partial charge is 0.393 e. The molecule has 4 nitrogen and oxygen atoms in total. The number of hydrogen-bond acceptors (Lipinski definition) is 2. The Morgan fingerprint density at radius 3 is 2.52 bits per heavy atom. The molecule has 1 saturated carbocycles. The van der Waals surface area contributed by atoms with E-state index in [9.17, 15) is 9.90 Å². The Bertz CT molecular complexity index is 572. The number of nitrogens with one attached hydrogen (secondary N) is 2. The first kappa shape index (κ1) is 17.5. The lowest BCUT2D eigenvalue weighted by molar-refractivity contribution is 0.117. The molecule has 3 N–H and O–H groups in total. The number of aliphatic hydroxyl groups excluding tert-OH is 1. The molecule has 2 rings (SSSR count). The molecule has 1 aliphatic carbocycles. The Labute approximate surface area is 139 Å². The van der Waals surface area contributed by atoms with Crippen molar-refractivity contribution in [1.82, 2.24) is 10.6 Å². The molecule has 126 valence electrons. The van der Waals surface area contributed by atoms with Gasteiger partial charge in [0.05, 0.1) is 11.6 Å². The Morgan fingerprint density at radius 2 is 1.91 bits per heavy atom. The van der Waals surface area contributed by atoms with Gasteiger partial charge in [-0.1, -0.05) is 30.4 Å². The first-order chi connectivity index (χ1) is 10.8. The second-order valence-corrected chi connectivity index (χ2v) is 7.09. The average Bonchev–Trinajstić information content (AvgIpc) is 2.49. The fourth-order valence-corrected chi connectivity index (χ4v) is 2.97. The maximum absolute atomic E-state index is 12.3. The lowest BCUT2D eigenvalue weighted by Crippen LogP contribution is -2.50. The maximum Gasteiger partial charge on any atom is 0.315 e. The van der Waals surface area contributed by atoms with Crippen LogP contribution in [0.25, 0.3) is 5.57 Å². The van der Waals surface area contributed by atoms with Crippen LogP contribution >= 0.6 is 0 Å². The van der Waals surface area contributed by atoms with E-state index in [1.54, 1.807) is 0 Å². The summed E-state index contributed by atoms with van der Waals surface area (Å²) in [5.74, 6) is 0. The van der Waals surface area contributed by atoms with Crippen LogP contribution in [0.15, 0.2) is 30.8 Å². The van der Waals surface area contributed by atoms with Crippen molar-refractivity contribution < 1.29 is 9.90 Å². The van der Waals surface area contributed by atoms with E-state index in [0.29, 0.717) is 0 Å². The summed E-state index contributed by atoms with van der Waals surface area (Å²) in [7, 11) is 0. The third-order valence-corrected chi connectivity index (χ3v) is 4.54. The van der Waals surface area contributed by atoms with Crippen LogP contribution in [0.4, 0.5) is 4.79 Å². The summed E-state index contributed by atoms with van der Waals surface area (Å²) >= 11 is 0. The highest BCUT2D eigenvalue weighted by Gasteiger charge is 2.26. The lowest BCUT2D eigenvalue weighted by Gasteiger charge is -2.31. The molecule has 23 heavy (non-hydrogen) atoms. The summed E-state index contributed by atoms with van der Waals surface area (Å²) in [6, 6.07) is 8.09. The first-order valence-electron chi connectivity index (χ1n) is 8.31. The van der Waals surface area contributed by atoms with Crippen LogP contribution in [0.5, 0.6) is 0 Å². The van der Waals surface area contributed by atoms with Crippen LogP contribution < -0.4 is 10.6 Å². The van der Waals surface area contributed by atoms with E-state index in [1.165, 1.54) is 0 Å². The Morgan fingerprint density at radius 1 is 1.26 bits per heavy atom.